The molecule has 0 heterocycles. The summed E-state index contributed by atoms with van der Waals surface area (Å²) in [5.41, 5.74) is 0.959. The SMILES string of the molecule is C=C1CCCC[C@@]2(O)CCC[C@@H]12. The third-order valence-electron chi connectivity index (χ3n) is 3.60. The van der Waals surface area contributed by atoms with Crippen LogP contribution in [0, 0.1) is 5.92 Å². The summed E-state index contributed by atoms with van der Waals surface area (Å²) >= 11 is 0. The fraction of sp³-hybridized carbons (Fsp3) is 0.818. The molecule has 2 aliphatic rings. The first-order chi connectivity index (χ1) is 5.72. The molecule has 0 saturated heterocycles. The van der Waals surface area contributed by atoms with E-state index < -0.39 is 0 Å². The van der Waals surface area contributed by atoms with Gasteiger partial charge in [-0.05, 0) is 38.5 Å². The standard InChI is InChI=1S/C11H18O/c1-9-5-2-3-7-11(12)8-4-6-10(9)11/h10,12H,1-8H2/t10-,11+/m0/s1. The minimum absolute atomic E-state index is 0.354. The van der Waals surface area contributed by atoms with E-state index in [1.54, 1.807) is 0 Å². The van der Waals surface area contributed by atoms with Crippen LogP contribution in [0.4, 0.5) is 0 Å². The Hall–Kier alpha value is -0.300. The largest absolute Gasteiger partial charge is 0.389 e. The Morgan fingerprint density at radius 1 is 1.25 bits per heavy atom. The van der Waals surface area contributed by atoms with Crippen molar-refractivity contribution in [3.63, 3.8) is 0 Å². The lowest BCUT2D eigenvalue weighted by atomic mass is 9.84. The molecular weight excluding hydrogens is 148 g/mol. The van der Waals surface area contributed by atoms with E-state index in [0.717, 1.165) is 19.3 Å². The fourth-order valence-electron chi connectivity index (χ4n) is 2.90. The second kappa shape index (κ2) is 2.88. The number of hydrogen-bond acceptors (Lipinski definition) is 1. The molecule has 2 fully saturated rings. The minimum Gasteiger partial charge on any atom is -0.389 e. The number of hydrogen-bond donors (Lipinski definition) is 1. The highest BCUT2D eigenvalue weighted by Crippen LogP contribution is 2.46. The van der Waals surface area contributed by atoms with Crippen LogP contribution in [-0.2, 0) is 0 Å². The highest BCUT2D eigenvalue weighted by molar-refractivity contribution is 5.13. The van der Waals surface area contributed by atoms with Gasteiger partial charge >= 0.3 is 0 Å². The van der Waals surface area contributed by atoms with Crippen LogP contribution in [0.25, 0.3) is 0 Å². The molecule has 2 rings (SSSR count). The van der Waals surface area contributed by atoms with Crippen LogP contribution in [-0.4, -0.2) is 10.7 Å². The van der Waals surface area contributed by atoms with Gasteiger partial charge in [0, 0.05) is 5.92 Å². The molecule has 1 nitrogen and oxygen atoms in total. The maximum atomic E-state index is 10.3. The molecule has 0 aromatic heterocycles. The molecule has 2 aliphatic carbocycles. The first-order valence-electron chi connectivity index (χ1n) is 5.12. The number of aliphatic hydroxyl groups is 1. The van der Waals surface area contributed by atoms with Crippen LogP contribution in [0.5, 0.6) is 0 Å². The first-order valence-corrected chi connectivity index (χ1v) is 5.12. The second-order valence-corrected chi connectivity index (χ2v) is 4.41. The van der Waals surface area contributed by atoms with Crippen molar-refractivity contribution in [2.75, 3.05) is 0 Å². The zero-order chi connectivity index (χ0) is 8.60. The van der Waals surface area contributed by atoms with Crippen molar-refractivity contribution >= 4 is 0 Å². The number of fused-ring (bicyclic) bond motifs is 1. The van der Waals surface area contributed by atoms with Crippen molar-refractivity contribution in [2.45, 2.75) is 50.5 Å². The van der Waals surface area contributed by atoms with E-state index >= 15 is 0 Å². The quantitative estimate of drug-likeness (QED) is 0.548. The molecule has 2 saturated carbocycles. The predicted molar refractivity (Wildman–Crippen MR) is 49.9 cm³/mol. The molecular formula is C11H18O. The monoisotopic (exact) mass is 166 g/mol. The highest BCUT2D eigenvalue weighted by atomic mass is 16.3. The van der Waals surface area contributed by atoms with E-state index in [9.17, 15) is 5.11 Å². The molecule has 0 aromatic rings. The maximum absolute atomic E-state index is 10.3. The lowest BCUT2D eigenvalue weighted by Gasteiger charge is -2.28. The smallest absolute Gasteiger partial charge is 0.0712 e. The van der Waals surface area contributed by atoms with Crippen LogP contribution in [0.1, 0.15) is 44.9 Å². The molecule has 0 aliphatic heterocycles. The van der Waals surface area contributed by atoms with Crippen LogP contribution in [0.15, 0.2) is 12.2 Å². The van der Waals surface area contributed by atoms with Gasteiger partial charge in [-0.1, -0.05) is 18.6 Å². The van der Waals surface area contributed by atoms with E-state index in [0.29, 0.717) is 5.92 Å². The summed E-state index contributed by atoms with van der Waals surface area (Å²) in [5, 5.41) is 10.3. The lowest BCUT2D eigenvalue weighted by Crippen LogP contribution is -2.32. The van der Waals surface area contributed by atoms with E-state index in [-0.39, 0.29) is 5.60 Å². The van der Waals surface area contributed by atoms with Crippen molar-refractivity contribution in [3.8, 4) is 0 Å². The Kier molecular flexibility index (Phi) is 1.99. The van der Waals surface area contributed by atoms with Crippen molar-refractivity contribution < 1.29 is 5.11 Å². The Bertz CT molecular complexity index is 197. The van der Waals surface area contributed by atoms with Gasteiger partial charge < -0.3 is 5.11 Å². The topological polar surface area (TPSA) is 20.2 Å². The van der Waals surface area contributed by atoms with Crippen molar-refractivity contribution in [1.29, 1.82) is 0 Å². The van der Waals surface area contributed by atoms with Gasteiger partial charge in [-0.25, -0.2) is 0 Å². The van der Waals surface area contributed by atoms with Gasteiger partial charge in [0.25, 0.3) is 0 Å². The van der Waals surface area contributed by atoms with Crippen LogP contribution in [0.3, 0.4) is 0 Å². The zero-order valence-electron chi connectivity index (χ0n) is 7.68. The molecule has 0 unspecified atom stereocenters. The average Bonchev–Trinajstić information content (AvgIpc) is 2.36. The van der Waals surface area contributed by atoms with Gasteiger partial charge in [-0.15, -0.1) is 0 Å². The molecule has 12 heavy (non-hydrogen) atoms. The zero-order valence-corrected chi connectivity index (χ0v) is 7.68. The average molecular weight is 166 g/mol. The van der Waals surface area contributed by atoms with Crippen LogP contribution in [0.2, 0.25) is 0 Å². The van der Waals surface area contributed by atoms with Gasteiger partial charge in [0.1, 0.15) is 0 Å². The van der Waals surface area contributed by atoms with Crippen LogP contribution >= 0.6 is 0 Å². The predicted octanol–water partition coefficient (Wildman–Crippen LogP) is 2.65. The van der Waals surface area contributed by atoms with Crippen molar-refractivity contribution in [1.82, 2.24) is 0 Å². The summed E-state index contributed by atoms with van der Waals surface area (Å²) in [7, 11) is 0. The summed E-state index contributed by atoms with van der Waals surface area (Å²) in [6.45, 7) is 4.10. The molecule has 0 aromatic carbocycles. The molecule has 0 bridgehead atoms. The molecule has 0 amide bonds. The van der Waals surface area contributed by atoms with E-state index in [1.807, 2.05) is 0 Å². The maximum Gasteiger partial charge on any atom is 0.0712 e. The van der Waals surface area contributed by atoms with E-state index in [1.165, 1.54) is 31.3 Å². The lowest BCUT2D eigenvalue weighted by molar-refractivity contribution is 0.00949. The molecule has 1 N–H and O–H groups in total. The summed E-state index contributed by atoms with van der Waals surface area (Å²) in [5.74, 6) is 0.431. The van der Waals surface area contributed by atoms with Gasteiger partial charge in [0.15, 0.2) is 0 Å². The molecule has 2 atom stereocenters. The summed E-state index contributed by atoms with van der Waals surface area (Å²) < 4.78 is 0. The first kappa shape index (κ1) is 8.31. The van der Waals surface area contributed by atoms with Gasteiger partial charge in [-0.3, -0.25) is 0 Å². The minimum atomic E-state index is -0.354. The van der Waals surface area contributed by atoms with Gasteiger partial charge in [0.05, 0.1) is 5.60 Å². The third kappa shape index (κ3) is 1.20. The van der Waals surface area contributed by atoms with E-state index in [2.05, 4.69) is 6.58 Å². The molecule has 0 radical (unpaired) electrons. The Morgan fingerprint density at radius 3 is 2.83 bits per heavy atom. The van der Waals surface area contributed by atoms with Crippen molar-refractivity contribution in [3.05, 3.63) is 12.2 Å². The Labute approximate surface area is 74.5 Å². The molecule has 68 valence electrons. The number of rotatable bonds is 0. The van der Waals surface area contributed by atoms with Gasteiger partial charge in [0.2, 0.25) is 0 Å². The third-order valence-corrected chi connectivity index (χ3v) is 3.60. The molecule has 0 spiro atoms. The second-order valence-electron chi connectivity index (χ2n) is 4.41. The Morgan fingerprint density at radius 2 is 2.00 bits per heavy atom. The molecule has 1 heteroatoms. The van der Waals surface area contributed by atoms with Gasteiger partial charge in [-0.2, -0.15) is 0 Å². The Balaban J connectivity index is 2.21. The van der Waals surface area contributed by atoms with E-state index in [4.69, 9.17) is 0 Å². The summed E-state index contributed by atoms with van der Waals surface area (Å²) in [6.07, 6.45) is 7.96. The van der Waals surface area contributed by atoms with Crippen LogP contribution < -0.4 is 0 Å². The summed E-state index contributed by atoms with van der Waals surface area (Å²) in [6, 6.07) is 0. The highest BCUT2D eigenvalue weighted by Gasteiger charge is 2.42. The normalized spacial score (nSPS) is 42.4. The van der Waals surface area contributed by atoms with Crippen molar-refractivity contribution in [2.24, 2.45) is 5.92 Å². The fourth-order valence-corrected chi connectivity index (χ4v) is 2.90. The summed E-state index contributed by atoms with van der Waals surface area (Å²) in [4.78, 5) is 0.